The van der Waals surface area contributed by atoms with Crippen molar-refractivity contribution >= 4 is 16.8 Å². The maximum Gasteiger partial charge on any atom is 0.406 e. The molecular formula is C17H19F3N2O. The Bertz CT molecular complexity index is 653. The second-order valence-electron chi connectivity index (χ2n) is 6.11. The van der Waals surface area contributed by atoms with Crippen LogP contribution >= 0.6 is 0 Å². The van der Waals surface area contributed by atoms with Crippen LogP contribution in [0.5, 0.6) is 0 Å². The van der Waals surface area contributed by atoms with Gasteiger partial charge in [-0.2, -0.15) is 13.2 Å². The third-order valence-corrected chi connectivity index (χ3v) is 4.39. The predicted octanol–water partition coefficient (Wildman–Crippen LogP) is 4.51. The number of nitrogens with one attached hydrogen (secondary N) is 1. The Morgan fingerprint density at radius 3 is 2.52 bits per heavy atom. The molecule has 1 aromatic heterocycles. The van der Waals surface area contributed by atoms with Crippen LogP contribution in [0.2, 0.25) is 0 Å². The first-order valence-corrected chi connectivity index (χ1v) is 7.89. The Kier molecular flexibility index (Phi) is 4.33. The van der Waals surface area contributed by atoms with Crippen LogP contribution < -0.4 is 0 Å². The van der Waals surface area contributed by atoms with E-state index in [9.17, 15) is 18.0 Å². The molecule has 1 fully saturated rings. The number of amides is 1. The fraction of sp³-hybridized carbons (Fsp3) is 0.471. The number of carbonyl (C=O) groups excluding carboxylic acids is 1. The largest absolute Gasteiger partial charge is 0.406 e. The Balaban J connectivity index is 1.89. The van der Waals surface area contributed by atoms with Gasteiger partial charge in [0.2, 0.25) is 0 Å². The van der Waals surface area contributed by atoms with Gasteiger partial charge in [-0.05, 0) is 25.0 Å². The van der Waals surface area contributed by atoms with Crippen molar-refractivity contribution in [2.45, 2.75) is 44.3 Å². The van der Waals surface area contributed by atoms with Gasteiger partial charge < -0.3 is 9.88 Å². The molecule has 0 radical (unpaired) electrons. The van der Waals surface area contributed by atoms with Crippen molar-refractivity contribution < 1.29 is 18.0 Å². The molecule has 3 rings (SSSR count). The highest BCUT2D eigenvalue weighted by molar-refractivity contribution is 5.98. The topological polar surface area (TPSA) is 36.1 Å². The highest BCUT2D eigenvalue weighted by Crippen LogP contribution is 2.28. The smallest absolute Gasteiger partial charge is 0.351 e. The monoisotopic (exact) mass is 324 g/mol. The van der Waals surface area contributed by atoms with Crippen LogP contribution in [0.15, 0.2) is 30.3 Å². The molecular weight excluding hydrogens is 305 g/mol. The molecule has 0 bridgehead atoms. The number of fused-ring (bicyclic) bond motifs is 1. The SMILES string of the molecule is O=C(c1cc2ccccc2[nH]1)N(CC(F)(F)F)C1CCCCC1. The molecule has 2 aromatic rings. The highest BCUT2D eigenvalue weighted by Gasteiger charge is 2.37. The molecule has 0 atom stereocenters. The number of aromatic nitrogens is 1. The first-order valence-electron chi connectivity index (χ1n) is 7.89. The van der Waals surface area contributed by atoms with Crippen LogP contribution in [-0.2, 0) is 0 Å². The standard InChI is InChI=1S/C17H19F3N2O/c18-17(19,20)11-22(13-7-2-1-3-8-13)16(23)15-10-12-6-4-5-9-14(12)21-15/h4-6,9-10,13,21H,1-3,7-8,11H2. The summed E-state index contributed by atoms with van der Waals surface area (Å²) in [5, 5.41) is 0.825. The van der Waals surface area contributed by atoms with Gasteiger partial charge in [0.1, 0.15) is 12.2 Å². The molecule has 1 aliphatic rings. The fourth-order valence-electron chi connectivity index (χ4n) is 3.30. The zero-order chi connectivity index (χ0) is 16.4. The van der Waals surface area contributed by atoms with E-state index in [-0.39, 0.29) is 11.7 Å². The molecule has 124 valence electrons. The minimum Gasteiger partial charge on any atom is -0.351 e. The summed E-state index contributed by atoms with van der Waals surface area (Å²) in [6.45, 7) is -1.19. The average Bonchev–Trinajstić information content (AvgIpc) is 2.96. The van der Waals surface area contributed by atoms with Crippen LogP contribution in [0.3, 0.4) is 0 Å². The van der Waals surface area contributed by atoms with E-state index in [1.54, 1.807) is 12.1 Å². The summed E-state index contributed by atoms with van der Waals surface area (Å²) in [5.74, 6) is -0.564. The quantitative estimate of drug-likeness (QED) is 0.886. The molecule has 1 aromatic carbocycles. The van der Waals surface area contributed by atoms with Gasteiger partial charge in [0.05, 0.1) is 0 Å². The zero-order valence-corrected chi connectivity index (χ0v) is 12.7. The van der Waals surface area contributed by atoms with E-state index in [2.05, 4.69) is 4.98 Å². The van der Waals surface area contributed by atoms with Gasteiger partial charge in [0, 0.05) is 16.9 Å². The number of nitrogens with zero attached hydrogens (tertiary/aromatic N) is 1. The Labute approximate surface area is 132 Å². The molecule has 0 aliphatic heterocycles. The number of rotatable bonds is 3. The summed E-state index contributed by atoms with van der Waals surface area (Å²) in [5.41, 5.74) is 0.979. The molecule has 1 amide bonds. The lowest BCUT2D eigenvalue weighted by Crippen LogP contribution is -2.46. The summed E-state index contributed by atoms with van der Waals surface area (Å²) >= 11 is 0. The molecule has 23 heavy (non-hydrogen) atoms. The van der Waals surface area contributed by atoms with E-state index in [4.69, 9.17) is 0 Å². The van der Waals surface area contributed by atoms with Crippen molar-refractivity contribution in [2.75, 3.05) is 6.54 Å². The number of hydrogen-bond acceptors (Lipinski definition) is 1. The van der Waals surface area contributed by atoms with E-state index in [1.165, 1.54) is 0 Å². The van der Waals surface area contributed by atoms with Crippen molar-refractivity contribution in [1.29, 1.82) is 0 Å². The number of aromatic amines is 1. The fourth-order valence-corrected chi connectivity index (χ4v) is 3.30. The lowest BCUT2D eigenvalue weighted by molar-refractivity contribution is -0.145. The summed E-state index contributed by atoms with van der Waals surface area (Å²) in [4.78, 5) is 16.6. The molecule has 0 saturated heterocycles. The normalized spacial score (nSPS) is 16.7. The van der Waals surface area contributed by atoms with Gasteiger partial charge in [0.25, 0.3) is 5.91 Å². The Morgan fingerprint density at radius 1 is 1.17 bits per heavy atom. The summed E-state index contributed by atoms with van der Waals surface area (Å²) in [6.07, 6.45) is -0.335. The molecule has 1 aliphatic carbocycles. The summed E-state index contributed by atoms with van der Waals surface area (Å²) in [7, 11) is 0. The molecule has 0 unspecified atom stereocenters. The maximum absolute atomic E-state index is 12.9. The lowest BCUT2D eigenvalue weighted by Gasteiger charge is -2.34. The van der Waals surface area contributed by atoms with Gasteiger partial charge >= 0.3 is 6.18 Å². The zero-order valence-electron chi connectivity index (χ0n) is 12.7. The summed E-state index contributed by atoms with van der Waals surface area (Å²) in [6, 6.07) is 8.59. The van der Waals surface area contributed by atoms with Crippen molar-refractivity contribution in [3.63, 3.8) is 0 Å². The molecule has 1 heterocycles. The number of alkyl halides is 3. The number of benzene rings is 1. The van der Waals surface area contributed by atoms with E-state index < -0.39 is 18.6 Å². The van der Waals surface area contributed by atoms with Crippen molar-refractivity contribution in [3.05, 3.63) is 36.0 Å². The van der Waals surface area contributed by atoms with Gasteiger partial charge in [-0.15, -0.1) is 0 Å². The molecule has 3 nitrogen and oxygen atoms in total. The molecule has 6 heteroatoms. The number of para-hydroxylation sites is 1. The van der Waals surface area contributed by atoms with Gasteiger partial charge in [-0.1, -0.05) is 37.5 Å². The molecule has 1 saturated carbocycles. The van der Waals surface area contributed by atoms with Crippen LogP contribution in [0, 0.1) is 0 Å². The number of carbonyl (C=O) groups is 1. The lowest BCUT2D eigenvalue weighted by atomic mass is 9.94. The molecule has 0 spiro atoms. The van der Waals surface area contributed by atoms with E-state index >= 15 is 0 Å². The Hall–Kier alpha value is -1.98. The Morgan fingerprint density at radius 2 is 1.87 bits per heavy atom. The number of hydrogen-bond donors (Lipinski definition) is 1. The van der Waals surface area contributed by atoms with Gasteiger partial charge in [0.15, 0.2) is 0 Å². The highest BCUT2D eigenvalue weighted by atomic mass is 19.4. The van der Waals surface area contributed by atoms with Crippen LogP contribution in [0.25, 0.3) is 10.9 Å². The minimum atomic E-state index is -4.39. The van der Waals surface area contributed by atoms with E-state index in [0.717, 1.165) is 35.1 Å². The van der Waals surface area contributed by atoms with E-state index in [1.807, 2.05) is 18.2 Å². The second-order valence-corrected chi connectivity index (χ2v) is 6.11. The maximum atomic E-state index is 12.9. The number of halogens is 3. The van der Waals surface area contributed by atoms with Gasteiger partial charge in [-0.3, -0.25) is 4.79 Å². The minimum absolute atomic E-state index is 0.223. The molecule has 1 N–H and O–H groups in total. The summed E-state index contributed by atoms with van der Waals surface area (Å²) < 4.78 is 38.8. The number of H-pyrrole nitrogens is 1. The second kappa shape index (κ2) is 6.26. The first kappa shape index (κ1) is 15.9. The predicted molar refractivity (Wildman–Crippen MR) is 82.3 cm³/mol. The van der Waals surface area contributed by atoms with Crippen LogP contribution in [0.4, 0.5) is 13.2 Å². The van der Waals surface area contributed by atoms with Crippen LogP contribution in [0.1, 0.15) is 42.6 Å². The van der Waals surface area contributed by atoms with Crippen molar-refractivity contribution in [1.82, 2.24) is 9.88 Å². The van der Waals surface area contributed by atoms with Gasteiger partial charge in [-0.25, -0.2) is 0 Å². The van der Waals surface area contributed by atoms with Crippen LogP contribution in [-0.4, -0.2) is 34.6 Å². The third kappa shape index (κ3) is 3.68. The van der Waals surface area contributed by atoms with Crippen molar-refractivity contribution in [2.24, 2.45) is 0 Å². The van der Waals surface area contributed by atoms with Crippen molar-refractivity contribution in [3.8, 4) is 0 Å². The van der Waals surface area contributed by atoms with E-state index in [0.29, 0.717) is 12.8 Å². The third-order valence-electron chi connectivity index (χ3n) is 4.39. The average molecular weight is 324 g/mol. The first-order chi connectivity index (χ1) is 10.9.